The Morgan fingerprint density at radius 2 is 1.69 bits per heavy atom. The third-order valence-corrected chi connectivity index (χ3v) is 6.45. The van der Waals surface area contributed by atoms with Crippen LogP contribution in [-0.4, -0.2) is 40.3 Å². The fraction of sp³-hybridized carbons (Fsp3) is 0.179. The van der Waals surface area contributed by atoms with Crippen molar-refractivity contribution in [1.82, 2.24) is 4.90 Å². The van der Waals surface area contributed by atoms with Gasteiger partial charge in [0.1, 0.15) is 11.8 Å². The predicted octanol–water partition coefficient (Wildman–Crippen LogP) is 3.70. The van der Waals surface area contributed by atoms with Crippen LogP contribution in [0.3, 0.4) is 0 Å². The van der Waals surface area contributed by atoms with E-state index in [0.29, 0.717) is 28.7 Å². The number of carbonyl (C=O) groups is 5. The van der Waals surface area contributed by atoms with E-state index in [1.54, 1.807) is 55.5 Å². The van der Waals surface area contributed by atoms with Gasteiger partial charge in [-0.25, -0.2) is 4.79 Å². The van der Waals surface area contributed by atoms with Gasteiger partial charge in [-0.1, -0.05) is 61.5 Å². The molecule has 35 heavy (non-hydrogen) atoms. The quantitative estimate of drug-likeness (QED) is 0.219. The predicted molar refractivity (Wildman–Crippen MR) is 126 cm³/mol. The number of likely N-dealkylation sites (tertiary alicyclic amines) is 1. The topological polar surface area (TPSA) is 97.8 Å². The van der Waals surface area contributed by atoms with Gasteiger partial charge in [0.25, 0.3) is 5.91 Å². The summed E-state index contributed by atoms with van der Waals surface area (Å²) in [7, 11) is 0. The lowest BCUT2D eigenvalue weighted by molar-refractivity contribution is -0.153. The average Bonchev–Trinajstić information content (AvgIpc) is 3.27. The molecule has 2 atom stereocenters. The number of benzene rings is 2. The van der Waals surface area contributed by atoms with Gasteiger partial charge in [-0.2, -0.15) is 0 Å². The van der Waals surface area contributed by atoms with Gasteiger partial charge in [0.2, 0.25) is 5.91 Å². The number of carbonyl (C=O) groups excluding carboxylic acids is 5. The molecule has 1 heterocycles. The molecule has 0 bridgehead atoms. The highest BCUT2D eigenvalue weighted by Gasteiger charge is 2.48. The molecule has 2 aromatic rings. The maximum Gasteiger partial charge on any atom is 0.334 e. The molecular weight excluding hydrogens is 446 g/mol. The number of nitrogens with zero attached hydrogens (tertiary/aromatic N) is 1. The second-order valence-corrected chi connectivity index (χ2v) is 8.53. The van der Waals surface area contributed by atoms with Crippen molar-refractivity contribution in [1.29, 1.82) is 0 Å². The number of ether oxygens (including phenoxy) is 1. The number of allylic oxidation sites excluding steroid dienone is 4. The Labute approximate surface area is 201 Å². The molecule has 1 saturated heterocycles. The number of rotatable bonds is 5. The van der Waals surface area contributed by atoms with Crippen molar-refractivity contribution in [3.05, 3.63) is 94.6 Å². The van der Waals surface area contributed by atoms with Crippen LogP contribution in [0.2, 0.25) is 0 Å². The van der Waals surface area contributed by atoms with Crippen molar-refractivity contribution in [2.45, 2.75) is 25.8 Å². The lowest BCUT2D eigenvalue weighted by Crippen LogP contribution is -2.46. The minimum atomic E-state index is -1.03. The number of fused-ring (bicyclic) bond motifs is 2. The maximum absolute atomic E-state index is 12.9. The number of esters is 1. The summed E-state index contributed by atoms with van der Waals surface area (Å²) in [6.07, 6.45) is 7.35. The molecule has 0 saturated carbocycles. The maximum atomic E-state index is 12.9. The van der Waals surface area contributed by atoms with E-state index in [4.69, 9.17) is 4.74 Å². The molecule has 0 unspecified atom stereocenters. The SMILES string of the molecule is CC[C@H](C(=O)Oc1ccc(C=C2C(=O)c3ccccc3C2=O)cc1)N1C(=O)C2=CC=CC[C@H]2C1=O. The second kappa shape index (κ2) is 8.76. The van der Waals surface area contributed by atoms with Gasteiger partial charge < -0.3 is 4.74 Å². The van der Waals surface area contributed by atoms with Crippen LogP contribution in [0.5, 0.6) is 5.75 Å². The minimum Gasteiger partial charge on any atom is -0.425 e. The Morgan fingerprint density at radius 3 is 2.29 bits per heavy atom. The average molecular weight is 467 g/mol. The zero-order valence-electron chi connectivity index (χ0n) is 18.9. The Kier molecular flexibility index (Phi) is 5.61. The standard InChI is InChI=1S/C28H21NO6/c1-2-23(29-26(32)20-9-5-6-10-21(20)27(29)33)28(34)35-17-13-11-16(12-14-17)15-22-24(30)18-7-3-4-8-19(18)25(22)31/h3-9,11-15,21,23H,2,10H2,1H3/t21-,23-/m1/s1. The number of hydrogen-bond donors (Lipinski definition) is 0. The largest absolute Gasteiger partial charge is 0.425 e. The lowest BCUT2D eigenvalue weighted by Gasteiger charge is -2.23. The molecule has 2 aromatic carbocycles. The van der Waals surface area contributed by atoms with Crippen LogP contribution in [0.15, 0.2) is 77.9 Å². The van der Waals surface area contributed by atoms with Crippen LogP contribution < -0.4 is 4.74 Å². The van der Waals surface area contributed by atoms with E-state index in [1.165, 1.54) is 18.2 Å². The van der Waals surface area contributed by atoms with Crippen molar-refractivity contribution in [3.63, 3.8) is 0 Å². The van der Waals surface area contributed by atoms with Crippen molar-refractivity contribution in [2.75, 3.05) is 0 Å². The normalized spacial score (nSPS) is 19.5. The highest BCUT2D eigenvalue weighted by Crippen LogP contribution is 2.34. The number of Topliss-reactive ketones (excluding diaryl/α,β-unsaturated/α-hetero) is 2. The van der Waals surface area contributed by atoms with Crippen LogP contribution >= 0.6 is 0 Å². The zero-order valence-corrected chi connectivity index (χ0v) is 18.9. The molecule has 174 valence electrons. The van der Waals surface area contributed by atoms with E-state index in [-0.39, 0.29) is 35.2 Å². The molecule has 2 aliphatic carbocycles. The van der Waals surface area contributed by atoms with Crippen LogP contribution in [-0.2, 0) is 14.4 Å². The number of imide groups is 1. The first-order valence-corrected chi connectivity index (χ1v) is 11.4. The van der Waals surface area contributed by atoms with Gasteiger partial charge >= 0.3 is 5.97 Å². The Bertz CT molecular complexity index is 1340. The van der Waals surface area contributed by atoms with Crippen molar-refractivity contribution in [3.8, 4) is 5.75 Å². The molecule has 7 heteroatoms. The summed E-state index contributed by atoms with van der Waals surface area (Å²) in [5.41, 5.74) is 1.85. The fourth-order valence-electron chi connectivity index (χ4n) is 4.63. The van der Waals surface area contributed by atoms with Crippen LogP contribution in [0.4, 0.5) is 0 Å². The lowest BCUT2D eigenvalue weighted by atomic mass is 9.94. The molecule has 7 nitrogen and oxygen atoms in total. The fourth-order valence-corrected chi connectivity index (χ4v) is 4.63. The van der Waals surface area contributed by atoms with Crippen LogP contribution in [0.1, 0.15) is 46.0 Å². The Balaban J connectivity index is 1.31. The molecule has 3 aliphatic rings. The number of ketones is 2. The Hall–Kier alpha value is -4.39. The molecule has 1 aliphatic heterocycles. The monoisotopic (exact) mass is 467 g/mol. The molecule has 0 spiro atoms. The zero-order chi connectivity index (χ0) is 24.7. The van der Waals surface area contributed by atoms with E-state index in [1.807, 2.05) is 6.08 Å². The highest BCUT2D eigenvalue weighted by molar-refractivity contribution is 6.41. The molecule has 0 radical (unpaired) electrons. The van der Waals surface area contributed by atoms with E-state index in [9.17, 15) is 24.0 Å². The van der Waals surface area contributed by atoms with E-state index in [2.05, 4.69) is 0 Å². The summed E-state index contributed by atoms with van der Waals surface area (Å²) in [4.78, 5) is 64.7. The first-order chi connectivity index (χ1) is 16.9. The summed E-state index contributed by atoms with van der Waals surface area (Å²) in [5, 5.41) is 0. The first kappa shape index (κ1) is 22.4. The number of hydrogen-bond acceptors (Lipinski definition) is 6. The van der Waals surface area contributed by atoms with Gasteiger partial charge in [0, 0.05) is 16.7 Å². The van der Waals surface area contributed by atoms with Crippen molar-refractivity contribution >= 4 is 35.4 Å². The van der Waals surface area contributed by atoms with Gasteiger partial charge in [-0.3, -0.25) is 24.1 Å². The molecule has 0 N–H and O–H groups in total. The summed E-state index contributed by atoms with van der Waals surface area (Å²) in [6, 6.07) is 12.0. The van der Waals surface area contributed by atoms with Gasteiger partial charge in [-0.15, -0.1) is 0 Å². The van der Waals surface area contributed by atoms with Gasteiger partial charge in [-0.05, 0) is 36.6 Å². The molecule has 2 amide bonds. The van der Waals surface area contributed by atoms with E-state index >= 15 is 0 Å². The highest BCUT2D eigenvalue weighted by atomic mass is 16.5. The smallest absolute Gasteiger partial charge is 0.334 e. The summed E-state index contributed by atoms with van der Waals surface area (Å²) < 4.78 is 5.47. The van der Waals surface area contributed by atoms with Crippen molar-refractivity contribution < 1.29 is 28.7 Å². The summed E-state index contributed by atoms with van der Waals surface area (Å²) in [6.45, 7) is 1.71. The minimum absolute atomic E-state index is 0.0818. The van der Waals surface area contributed by atoms with E-state index in [0.717, 1.165) is 4.90 Å². The third-order valence-electron chi connectivity index (χ3n) is 6.45. The summed E-state index contributed by atoms with van der Waals surface area (Å²) >= 11 is 0. The van der Waals surface area contributed by atoms with Crippen LogP contribution in [0, 0.1) is 5.92 Å². The molecular formula is C28H21NO6. The molecule has 0 aromatic heterocycles. The third kappa shape index (κ3) is 3.75. The van der Waals surface area contributed by atoms with E-state index < -0.39 is 23.8 Å². The summed E-state index contributed by atoms with van der Waals surface area (Å²) in [5.74, 6) is -2.51. The second-order valence-electron chi connectivity index (χ2n) is 8.53. The molecule has 1 fully saturated rings. The Morgan fingerprint density at radius 1 is 1.03 bits per heavy atom. The molecule has 5 rings (SSSR count). The first-order valence-electron chi connectivity index (χ1n) is 11.4. The van der Waals surface area contributed by atoms with Gasteiger partial charge in [0.05, 0.1) is 11.5 Å². The number of amides is 2. The van der Waals surface area contributed by atoms with Crippen molar-refractivity contribution in [2.24, 2.45) is 5.92 Å². The van der Waals surface area contributed by atoms with Gasteiger partial charge in [0.15, 0.2) is 11.6 Å². The van der Waals surface area contributed by atoms with Crippen LogP contribution in [0.25, 0.3) is 6.08 Å².